The first-order chi connectivity index (χ1) is 13.6. The number of ether oxygens (including phenoxy) is 1. The van der Waals surface area contributed by atoms with E-state index in [1.54, 1.807) is 30.5 Å². The van der Waals surface area contributed by atoms with Gasteiger partial charge in [-0.25, -0.2) is 0 Å². The highest BCUT2D eigenvalue weighted by atomic mass is 16.5. The van der Waals surface area contributed by atoms with Crippen LogP contribution in [0.3, 0.4) is 0 Å². The molecule has 148 valence electrons. The van der Waals surface area contributed by atoms with Gasteiger partial charge in [0, 0.05) is 25.7 Å². The Bertz CT molecular complexity index is 806. The smallest absolute Gasteiger partial charge is 0.257 e. The lowest BCUT2D eigenvalue weighted by atomic mass is 9.96. The number of carbonyl (C=O) groups is 2. The Morgan fingerprint density at radius 2 is 2.07 bits per heavy atom. The summed E-state index contributed by atoms with van der Waals surface area (Å²) in [5.41, 5.74) is 1.10. The quantitative estimate of drug-likeness (QED) is 0.747. The van der Waals surface area contributed by atoms with Gasteiger partial charge >= 0.3 is 0 Å². The number of carbonyl (C=O) groups excluding carboxylic acids is 2. The summed E-state index contributed by atoms with van der Waals surface area (Å²) in [5.74, 6) is 1.61. The molecule has 28 heavy (non-hydrogen) atoms. The number of hydrogen-bond donors (Lipinski definition) is 1. The summed E-state index contributed by atoms with van der Waals surface area (Å²) < 4.78 is 10.7. The predicted octanol–water partition coefficient (Wildman–Crippen LogP) is 3.04. The van der Waals surface area contributed by atoms with Crippen molar-refractivity contribution in [2.45, 2.75) is 19.8 Å². The zero-order valence-electron chi connectivity index (χ0n) is 16.1. The van der Waals surface area contributed by atoms with Crippen molar-refractivity contribution in [2.24, 2.45) is 5.92 Å². The maximum atomic E-state index is 12.2. The van der Waals surface area contributed by atoms with Gasteiger partial charge in [-0.05, 0) is 61.6 Å². The van der Waals surface area contributed by atoms with Gasteiger partial charge in [0.15, 0.2) is 6.61 Å². The van der Waals surface area contributed by atoms with Crippen LogP contribution in [0.15, 0.2) is 53.2 Å². The molecule has 0 radical (unpaired) electrons. The van der Waals surface area contributed by atoms with E-state index in [4.69, 9.17) is 9.15 Å². The van der Waals surface area contributed by atoms with E-state index in [1.165, 1.54) is 0 Å². The molecule has 0 bridgehead atoms. The summed E-state index contributed by atoms with van der Waals surface area (Å²) in [7, 11) is 0. The molecule has 0 spiro atoms. The SMILES string of the molecule is Cc1cccc(OCC(=O)NCC2CCN(C(=O)/C=C/c3ccco3)CC2)c1. The Morgan fingerprint density at radius 1 is 1.25 bits per heavy atom. The van der Waals surface area contributed by atoms with Gasteiger partial charge in [0.2, 0.25) is 5.91 Å². The molecule has 1 aliphatic rings. The molecule has 0 saturated carbocycles. The minimum Gasteiger partial charge on any atom is -0.484 e. The van der Waals surface area contributed by atoms with Crippen LogP contribution in [0.5, 0.6) is 5.75 Å². The molecular formula is C22H26N2O4. The Balaban J connectivity index is 1.33. The van der Waals surface area contributed by atoms with Gasteiger partial charge < -0.3 is 19.4 Å². The maximum absolute atomic E-state index is 12.2. The number of aryl methyl sites for hydroxylation is 1. The van der Waals surface area contributed by atoms with Crippen LogP contribution in [0.25, 0.3) is 6.08 Å². The number of hydrogen-bond acceptors (Lipinski definition) is 4. The molecule has 1 fully saturated rings. The Labute approximate surface area is 165 Å². The number of amides is 2. The summed E-state index contributed by atoms with van der Waals surface area (Å²) in [6, 6.07) is 11.2. The average Bonchev–Trinajstić information content (AvgIpc) is 3.23. The molecule has 6 nitrogen and oxygen atoms in total. The number of nitrogens with one attached hydrogen (secondary N) is 1. The predicted molar refractivity (Wildman–Crippen MR) is 107 cm³/mol. The molecule has 1 N–H and O–H groups in total. The summed E-state index contributed by atoms with van der Waals surface area (Å²) in [5, 5.41) is 2.93. The highest BCUT2D eigenvalue weighted by molar-refractivity contribution is 5.91. The van der Waals surface area contributed by atoms with Crippen molar-refractivity contribution in [1.29, 1.82) is 0 Å². The molecule has 1 aromatic heterocycles. The summed E-state index contributed by atoms with van der Waals surface area (Å²) in [6.45, 7) is 4.00. The van der Waals surface area contributed by atoms with Crippen molar-refractivity contribution >= 4 is 17.9 Å². The third-order valence-electron chi connectivity index (χ3n) is 4.81. The van der Waals surface area contributed by atoms with Gasteiger partial charge in [0.05, 0.1) is 6.26 Å². The van der Waals surface area contributed by atoms with Crippen molar-refractivity contribution < 1.29 is 18.7 Å². The van der Waals surface area contributed by atoms with Crippen molar-refractivity contribution in [3.63, 3.8) is 0 Å². The highest BCUT2D eigenvalue weighted by Gasteiger charge is 2.22. The van der Waals surface area contributed by atoms with Crippen molar-refractivity contribution in [1.82, 2.24) is 10.2 Å². The molecule has 0 aliphatic carbocycles. The molecular weight excluding hydrogens is 356 g/mol. The minimum atomic E-state index is -0.124. The van der Waals surface area contributed by atoms with Gasteiger partial charge in [-0.1, -0.05) is 12.1 Å². The van der Waals surface area contributed by atoms with Crippen LogP contribution < -0.4 is 10.1 Å². The van der Waals surface area contributed by atoms with Crippen LogP contribution in [-0.4, -0.2) is 43.0 Å². The Kier molecular flexibility index (Phi) is 6.89. The van der Waals surface area contributed by atoms with Gasteiger partial charge in [0.1, 0.15) is 11.5 Å². The number of furan rings is 1. The van der Waals surface area contributed by atoms with E-state index in [0.29, 0.717) is 37.1 Å². The number of nitrogens with zero attached hydrogens (tertiary/aromatic N) is 1. The number of rotatable bonds is 7. The van der Waals surface area contributed by atoms with E-state index in [2.05, 4.69) is 5.32 Å². The largest absolute Gasteiger partial charge is 0.484 e. The van der Waals surface area contributed by atoms with Crippen molar-refractivity contribution in [3.05, 3.63) is 60.1 Å². The van der Waals surface area contributed by atoms with E-state index in [-0.39, 0.29) is 18.4 Å². The molecule has 1 aliphatic heterocycles. The fourth-order valence-electron chi connectivity index (χ4n) is 3.17. The second-order valence-electron chi connectivity index (χ2n) is 7.03. The second-order valence-corrected chi connectivity index (χ2v) is 7.03. The second kappa shape index (κ2) is 9.78. The monoisotopic (exact) mass is 382 g/mol. The first-order valence-corrected chi connectivity index (χ1v) is 9.57. The lowest BCUT2D eigenvalue weighted by molar-refractivity contribution is -0.128. The summed E-state index contributed by atoms with van der Waals surface area (Å²) in [6.07, 6.45) is 6.56. The topological polar surface area (TPSA) is 71.8 Å². The average molecular weight is 382 g/mol. The fourth-order valence-corrected chi connectivity index (χ4v) is 3.17. The molecule has 0 atom stereocenters. The van der Waals surface area contributed by atoms with Crippen LogP contribution in [0.2, 0.25) is 0 Å². The summed E-state index contributed by atoms with van der Waals surface area (Å²) >= 11 is 0. The first-order valence-electron chi connectivity index (χ1n) is 9.57. The number of likely N-dealkylation sites (tertiary alicyclic amines) is 1. The van der Waals surface area contributed by atoms with Crippen LogP contribution in [-0.2, 0) is 9.59 Å². The van der Waals surface area contributed by atoms with E-state index in [0.717, 1.165) is 18.4 Å². The van der Waals surface area contributed by atoms with Crippen LogP contribution in [0, 0.1) is 12.8 Å². The molecule has 2 amide bonds. The minimum absolute atomic E-state index is 0.00885. The van der Waals surface area contributed by atoms with Gasteiger partial charge in [0.25, 0.3) is 5.91 Å². The number of piperidine rings is 1. The molecule has 0 unspecified atom stereocenters. The van der Waals surface area contributed by atoms with E-state index in [1.807, 2.05) is 36.1 Å². The van der Waals surface area contributed by atoms with Crippen LogP contribution in [0.1, 0.15) is 24.2 Å². The van der Waals surface area contributed by atoms with Crippen molar-refractivity contribution in [2.75, 3.05) is 26.2 Å². The van der Waals surface area contributed by atoms with Crippen LogP contribution >= 0.6 is 0 Å². The van der Waals surface area contributed by atoms with Crippen LogP contribution in [0.4, 0.5) is 0 Å². The highest BCUT2D eigenvalue weighted by Crippen LogP contribution is 2.17. The standard InChI is InChI=1S/C22H26N2O4/c1-17-4-2-5-20(14-17)28-16-21(25)23-15-18-9-11-24(12-10-18)22(26)8-7-19-6-3-13-27-19/h2-8,13-14,18H,9-12,15-16H2,1H3,(H,23,25)/b8-7+. The molecule has 2 heterocycles. The molecule has 1 saturated heterocycles. The third kappa shape index (κ3) is 6.01. The zero-order valence-corrected chi connectivity index (χ0v) is 16.1. The van der Waals surface area contributed by atoms with Gasteiger partial charge in [-0.15, -0.1) is 0 Å². The molecule has 1 aromatic carbocycles. The van der Waals surface area contributed by atoms with E-state index < -0.39 is 0 Å². The maximum Gasteiger partial charge on any atom is 0.257 e. The Morgan fingerprint density at radius 3 is 2.79 bits per heavy atom. The lowest BCUT2D eigenvalue weighted by Crippen LogP contribution is -2.41. The van der Waals surface area contributed by atoms with Crippen molar-refractivity contribution in [3.8, 4) is 5.75 Å². The third-order valence-corrected chi connectivity index (χ3v) is 4.81. The Hall–Kier alpha value is -3.02. The van der Waals surface area contributed by atoms with E-state index in [9.17, 15) is 9.59 Å². The fraction of sp³-hybridized carbons (Fsp3) is 0.364. The van der Waals surface area contributed by atoms with Gasteiger partial charge in [-0.2, -0.15) is 0 Å². The molecule has 3 rings (SSSR count). The molecule has 2 aromatic rings. The summed E-state index contributed by atoms with van der Waals surface area (Å²) in [4.78, 5) is 26.0. The lowest BCUT2D eigenvalue weighted by Gasteiger charge is -2.31. The zero-order chi connectivity index (χ0) is 19.8. The van der Waals surface area contributed by atoms with Gasteiger partial charge in [-0.3, -0.25) is 9.59 Å². The molecule has 6 heteroatoms. The first kappa shape index (κ1) is 19.7. The number of benzene rings is 1. The van der Waals surface area contributed by atoms with E-state index >= 15 is 0 Å². The normalized spacial score (nSPS) is 15.0.